The first-order chi connectivity index (χ1) is 10.6. The number of amides is 1. The van der Waals surface area contributed by atoms with Gasteiger partial charge in [-0.1, -0.05) is 36.8 Å². The van der Waals surface area contributed by atoms with Gasteiger partial charge in [-0.2, -0.15) is 0 Å². The number of nitrogens with one attached hydrogen (secondary N) is 2. The van der Waals surface area contributed by atoms with Crippen molar-refractivity contribution in [2.24, 2.45) is 0 Å². The Hall–Kier alpha value is -1.40. The van der Waals surface area contributed by atoms with Crippen molar-refractivity contribution in [1.29, 1.82) is 0 Å². The Bertz CT molecular complexity index is 566. The third-order valence-electron chi connectivity index (χ3n) is 3.79. The normalized spacial score (nSPS) is 18.8. The Kier molecular flexibility index (Phi) is 6.39. The molecule has 1 heterocycles. The molecule has 0 bridgehead atoms. The molecule has 1 aromatic rings. The molecule has 0 radical (unpaired) electrons. The van der Waals surface area contributed by atoms with Gasteiger partial charge in [0, 0.05) is 6.54 Å². The van der Waals surface area contributed by atoms with Crippen LogP contribution in [0.1, 0.15) is 31.2 Å². The fourth-order valence-corrected chi connectivity index (χ4v) is 4.03. The van der Waals surface area contributed by atoms with E-state index in [1.807, 2.05) is 30.3 Å². The van der Waals surface area contributed by atoms with Gasteiger partial charge in [0.25, 0.3) is 0 Å². The third kappa shape index (κ3) is 5.77. The molecule has 2 N–H and O–H groups in total. The van der Waals surface area contributed by atoms with E-state index >= 15 is 0 Å². The highest BCUT2D eigenvalue weighted by atomic mass is 32.2. The maximum Gasteiger partial charge on any atom is 0.237 e. The zero-order valence-corrected chi connectivity index (χ0v) is 13.6. The highest BCUT2D eigenvalue weighted by molar-refractivity contribution is 7.90. The second-order valence-corrected chi connectivity index (χ2v) is 7.91. The highest BCUT2D eigenvalue weighted by Crippen LogP contribution is 2.08. The fourth-order valence-electron chi connectivity index (χ4n) is 2.60. The van der Waals surface area contributed by atoms with E-state index < -0.39 is 9.84 Å². The number of carbonyl (C=O) groups excluding carboxylic acids is 1. The molecule has 1 fully saturated rings. The lowest BCUT2D eigenvalue weighted by atomic mass is 10.0. The largest absolute Gasteiger partial charge is 0.355 e. The molecule has 1 atom stereocenters. The Morgan fingerprint density at radius 3 is 2.68 bits per heavy atom. The summed E-state index contributed by atoms with van der Waals surface area (Å²) >= 11 is 0. The Labute approximate surface area is 132 Å². The van der Waals surface area contributed by atoms with E-state index in [1.165, 1.54) is 0 Å². The van der Waals surface area contributed by atoms with Crippen molar-refractivity contribution in [3.63, 3.8) is 0 Å². The number of rotatable bonds is 7. The summed E-state index contributed by atoms with van der Waals surface area (Å²) in [7, 11) is -3.12. The van der Waals surface area contributed by atoms with Crippen molar-refractivity contribution in [3.05, 3.63) is 35.9 Å². The van der Waals surface area contributed by atoms with Gasteiger partial charge in [0.2, 0.25) is 5.91 Å². The molecule has 5 nitrogen and oxygen atoms in total. The molecule has 1 amide bonds. The van der Waals surface area contributed by atoms with Gasteiger partial charge in [-0.25, -0.2) is 8.42 Å². The third-order valence-corrected chi connectivity index (χ3v) is 5.47. The SMILES string of the molecule is O=C(NCCCS(=O)(=O)Cc1ccccc1)C1CCCCN1. The van der Waals surface area contributed by atoms with Crippen molar-refractivity contribution in [2.75, 3.05) is 18.8 Å². The maximum absolute atomic E-state index is 12.0. The van der Waals surface area contributed by atoms with Crippen LogP contribution in [0.15, 0.2) is 30.3 Å². The van der Waals surface area contributed by atoms with Gasteiger partial charge in [-0.3, -0.25) is 4.79 Å². The summed E-state index contributed by atoms with van der Waals surface area (Å²) in [4.78, 5) is 11.9. The van der Waals surface area contributed by atoms with E-state index in [4.69, 9.17) is 0 Å². The number of sulfone groups is 1. The average Bonchev–Trinajstić information content (AvgIpc) is 2.53. The lowest BCUT2D eigenvalue weighted by molar-refractivity contribution is -0.123. The predicted molar refractivity (Wildman–Crippen MR) is 87.2 cm³/mol. The summed E-state index contributed by atoms with van der Waals surface area (Å²) in [5.41, 5.74) is 0.804. The Morgan fingerprint density at radius 2 is 2.00 bits per heavy atom. The number of benzene rings is 1. The van der Waals surface area contributed by atoms with Crippen LogP contribution in [-0.2, 0) is 20.4 Å². The minimum absolute atomic E-state index is 0.0137. The fraction of sp³-hybridized carbons (Fsp3) is 0.562. The van der Waals surface area contributed by atoms with Crippen LogP contribution in [0.2, 0.25) is 0 Å². The lowest BCUT2D eigenvalue weighted by Gasteiger charge is -2.22. The molecule has 0 aromatic heterocycles. The molecule has 6 heteroatoms. The lowest BCUT2D eigenvalue weighted by Crippen LogP contribution is -2.46. The molecule has 1 saturated heterocycles. The van der Waals surface area contributed by atoms with E-state index in [0.29, 0.717) is 13.0 Å². The number of piperidine rings is 1. The van der Waals surface area contributed by atoms with Gasteiger partial charge < -0.3 is 10.6 Å². The summed E-state index contributed by atoms with van der Waals surface area (Å²) in [6.45, 7) is 1.29. The van der Waals surface area contributed by atoms with E-state index in [-0.39, 0.29) is 23.5 Å². The van der Waals surface area contributed by atoms with Crippen molar-refractivity contribution >= 4 is 15.7 Å². The monoisotopic (exact) mass is 324 g/mol. The predicted octanol–water partition coefficient (Wildman–Crippen LogP) is 1.25. The summed E-state index contributed by atoms with van der Waals surface area (Å²) < 4.78 is 24.0. The van der Waals surface area contributed by atoms with Crippen molar-refractivity contribution in [3.8, 4) is 0 Å². The van der Waals surface area contributed by atoms with Crippen LogP contribution in [0.5, 0.6) is 0 Å². The topological polar surface area (TPSA) is 75.3 Å². The van der Waals surface area contributed by atoms with E-state index in [2.05, 4.69) is 10.6 Å². The van der Waals surface area contributed by atoms with Crippen LogP contribution in [0.4, 0.5) is 0 Å². The summed E-state index contributed by atoms with van der Waals surface area (Å²) in [6.07, 6.45) is 3.49. The molecule has 0 spiro atoms. The molecule has 1 aliphatic heterocycles. The second kappa shape index (κ2) is 8.29. The molecule has 0 saturated carbocycles. The first-order valence-corrected chi connectivity index (χ1v) is 9.64. The van der Waals surface area contributed by atoms with E-state index in [9.17, 15) is 13.2 Å². The van der Waals surface area contributed by atoms with Crippen LogP contribution >= 0.6 is 0 Å². The molecule has 22 heavy (non-hydrogen) atoms. The van der Waals surface area contributed by atoms with Crippen LogP contribution in [0.25, 0.3) is 0 Å². The maximum atomic E-state index is 12.0. The molecule has 122 valence electrons. The van der Waals surface area contributed by atoms with Gasteiger partial charge in [-0.05, 0) is 31.4 Å². The molecule has 2 rings (SSSR count). The summed E-state index contributed by atoms with van der Waals surface area (Å²) in [5, 5.41) is 6.00. The summed E-state index contributed by atoms with van der Waals surface area (Å²) in [6, 6.07) is 9.05. The zero-order chi connectivity index (χ0) is 15.8. The zero-order valence-electron chi connectivity index (χ0n) is 12.8. The molecule has 1 aliphatic rings. The number of hydrogen-bond acceptors (Lipinski definition) is 4. The van der Waals surface area contributed by atoms with E-state index in [0.717, 1.165) is 31.4 Å². The number of carbonyl (C=O) groups is 1. The quantitative estimate of drug-likeness (QED) is 0.740. The van der Waals surface area contributed by atoms with Gasteiger partial charge >= 0.3 is 0 Å². The first-order valence-electron chi connectivity index (χ1n) is 7.82. The van der Waals surface area contributed by atoms with Gasteiger partial charge in [0.15, 0.2) is 9.84 Å². The van der Waals surface area contributed by atoms with Crippen LogP contribution in [-0.4, -0.2) is 39.2 Å². The standard InChI is InChI=1S/C16H24N2O3S/c19-16(15-9-4-5-10-17-15)18-11-6-12-22(20,21)13-14-7-2-1-3-8-14/h1-3,7-8,15,17H,4-6,9-13H2,(H,18,19). The van der Waals surface area contributed by atoms with Gasteiger partial charge in [0.05, 0.1) is 17.5 Å². The molecular formula is C16H24N2O3S. The molecule has 1 unspecified atom stereocenters. The first kappa shape index (κ1) is 17.0. The molecule has 1 aromatic carbocycles. The average molecular weight is 324 g/mol. The Morgan fingerprint density at radius 1 is 1.23 bits per heavy atom. The van der Waals surface area contributed by atoms with Crippen LogP contribution in [0, 0.1) is 0 Å². The van der Waals surface area contributed by atoms with Crippen LogP contribution < -0.4 is 10.6 Å². The molecule has 0 aliphatic carbocycles. The smallest absolute Gasteiger partial charge is 0.237 e. The van der Waals surface area contributed by atoms with Crippen molar-refractivity contribution in [1.82, 2.24) is 10.6 Å². The summed E-state index contributed by atoms with van der Waals surface area (Å²) in [5.74, 6) is 0.145. The van der Waals surface area contributed by atoms with Gasteiger partial charge in [0.1, 0.15) is 0 Å². The second-order valence-electron chi connectivity index (χ2n) is 5.72. The Balaban J connectivity index is 1.68. The number of hydrogen-bond donors (Lipinski definition) is 2. The minimum atomic E-state index is -3.12. The van der Waals surface area contributed by atoms with Crippen molar-refractivity contribution < 1.29 is 13.2 Å². The minimum Gasteiger partial charge on any atom is -0.355 e. The van der Waals surface area contributed by atoms with Gasteiger partial charge in [-0.15, -0.1) is 0 Å². The van der Waals surface area contributed by atoms with E-state index in [1.54, 1.807) is 0 Å². The van der Waals surface area contributed by atoms with Crippen molar-refractivity contribution in [2.45, 2.75) is 37.5 Å². The van der Waals surface area contributed by atoms with Crippen LogP contribution in [0.3, 0.4) is 0 Å². The highest BCUT2D eigenvalue weighted by Gasteiger charge is 2.20. The molecular weight excluding hydrogens is 300 g/mol.